The van der Waals surface area contributed by atoms with E-state index in [1.165, 1.54) is 11.1 Å². The Labute approximate surface area is 121 Å². The van der Waals surface area contributed by atoms with Crippen LogP contribution in [0.25, 0.3) is 0 Å². The minimum absolute atomic E-state index is 0.775. The number of nitrogens with zero attached hydrogens (tertiary/aromatic N) is 2. The van der Waals surface area contributed by atoms with E-state index in [4.69, 9.17) is 0 Å². The van der Waals surface area contributed by atoms with Crippen LogP contribution in [0, 0.1) is 10.5 Å². The summed E-state index contributed by atoms with van der Waals surface area (Å²) in [4.78, 5) is 8.94. The van der Waals surface area contributed by atoms with Crippen molar-refractivity contribution in [3.63, 3.8) is 0 Å². The lowest BCUT2D eigenvalue weighted by Crippen LogP contribution is -2.06. The van der Waals surface area contributed by atoms with E-state index in [1.807, 2.05) is 6.20 Å². The number of aryl methyl sites for hydroxylation is 1. The molecule has 1 N–H and O–H groups in total. The van der Waals surface area contributed by atoms with Crippen LogP contribution in [-0.4, -0.2) is 16.5 Å². The van der Waals surface area contributed by atoms with Crippen LogP contribution in [-0.2, 0) is 6.42 Å². The number of rotatable bonds is 4. The molecule has 0 atom stereocenters. The number of halogens is 1. The summed E-state index contributed by atoms with van der Waals surface area (Å²) in [5.41, 5.74) is 2.52. The normalized spacial score (nSPS) is 10.4. The molecule has 2 rings (SSSR count). The van der Waals surface area contributed by atoms with E-state index in [2.05, 4.69) is 76.0 Å². The zero-order valence-electron chi connectivity index (χ0n) is 10.6. The van der Waals surface area contributed by atoms with Gasteiger partial charge >= 0.3 is 0 Å². The number of hydrogen-bond donors (Lipinski definition) is 1. The first-order valence-corrected chi connectivity index (χ1v) is 7.07. The third kappa shape index (κ3) is 3.41. The van der Waals surface area contributed by atoms with Gasteiger partial charge in [0.1, 0.15) is 11.6 Å². The summed E-state index contributed by atoms with van der Waals surface area (Å²) in [6.45, 7) is 5.04. The van der Waals surface area contributed by atoms with E-state index in [9.17, 15) is 0 Å². The van der Waals surface area contributed by atoms with Crippen molar-refractivity contribution < 1.29 is 0 Å². The average molecular weight is 353 g/mol. The minimum Gasteiger partial charge on any atom is -0.369 e. The molecule has 3 nitrogen and oxygen atoms in total. The standard InChI is InChI=1S/C14H16IN3/c1-3-16-14-12(15)9-17-13(18-14)8-11-6-4-5-10(2)7-11/h4-7,9H,3,8H2,1-2H3,(H,16,17,18). The second-order valence-corrected chi connectivity index (χ2v) is 5.34. The molecule has 0 aliphatic rings. The van der Waals surface area contributed by atoms with Crippen LogP contribution >= 0.6 is 22.6 Å². The molecule has 0 spiro atoms. The maximum absolute atomic E-state index is 4.56. The summed E-state index contributed by atoms with van der Waals surface area (Å²) in [5.74, 6) is 1.78. The third-order valence-corrected chi connectivity index (χ3v) is 3.37. The van der Waals surface area contributed by atoms with Crippen LogP contribution < -0.4 is 5.32 Å². The van der Waals surface area contributed by atoms with Gasteiger partial charge in [-0.05, 0) is 42.0 Å². The van der Waals surface area contributed by atoms with Crippen LogP contribution in [0.4, 0.5) is 5.82 Å². The summed E-state index contributed by atoms with van der Waals surface area (Å²) in [5, 5.41) is 3.25. The van der Waals surface area contributed by atoms with Crippen LogP contribution in [0.5, 0.6) is 0 Å². The fourth-order valence-electron chi connectivity index (χ4n) is 1.78. The lowest BCUT2D eigenvalue weighted by atomic mass is 10.1. The first kappa shape index (κ1) is 13.3. The lowest BCUT2D eigenvalue weighted by molar-refractivity contribution is 0.954. The van der Waals surface area contributed by atoms with Crippen molar-refractivity contribution in [1.29, 1.82) is 0 Å². The van der Waals surface area contributed by atoms with Crippen molar-refractivity contribution in [3.05, 3.63) is 51.0 Å². The van der Waals surface area contributed by atoms with E-state index >= 15 is 0 Å². The topological polar surface area (TPSA) is 37.8 Å². The Morgan fingerprint density at radius 3 is 2.89 bits per heavy atom. The molecule has 0 aliphatic carbocycles. The summed E-state index contributed by atoms with van der Waals surface area (Å²) < 4.78 is 1.06. The highest BCUT2D eigenvalue weighted by Gasteiger charge is 2.05. The molecule has 0 saturated heterocycles. The highest BCUT2D eigenvalue weighted by atomic mass is 127. The average Bonchev–Trinajstić information content (AvgIpc) is 2.34. The van der Waals surface area contributed by atoms with Gasteiger partial charge in [0.15, 0.2) is 0 Å². The second-order valence-electron chi connectivity index (χ2n) is 4.18. The van der Waals surface area contributed by atoms with Crippen molar-refractivity contribution in [1.82, 2.24) is 9.97 Å². The zero-order chi connectivity index (χ0) is 13.0. The number of aromatic nitrogens is 2. The second kappa shape index (κ2) is 6.13. The summed E-state index contributed by atoms with van der Waals surface area (Å²) >= 11 is 2.25. The molecule has 0 amide bonds. The monoisotopic (exact) mass is 353 g/mol. The zero-order valence-corrected chi connectivity index (χ0v) is 12.7. The van der Waals surface area contributed by atoms with Gasteiger partial charge in [-0.3, -0.25) is 0 Å². The van der Waals surface area contributed by atoms with Gasteiger partial charge in [-0.25, -0.2) is 9.97 Å². The van der Waals surface area contributed by atoms with Crippen molar-refractivity contribution >= 4 is 28.4 Å². The van der Waals surface area contributed by atoms with Gasteiger partial charge in [-0.2, -0.15) is 0 Å². The highest BCUT2D eigenvalue weighted by Crippen LogP contribution is 2.15. The number of hydrogen-bond acceptors (Lipinski definition) is 3. The van der Waals surface area contributed by atoms with Gasteiger partial charge in [-0.1, -0.05) is 29.8 Å². The predicted molar refractivity (Wildman–Crippen MR) is 82.9 cm³/mol. The van der Waals surface area contributed by atoms with Gasteiger partial charge in [0, 0.05) is 19.2 Å². The van der Waals surface area contributed by atoms with Crippen molar-refractivity contribution in [2.24, 2.45) is 0 Å². The van der Waals surface area contributed by atoms with Gasteiger partial charge in [0.2, 0.25) is 0 Å². The molecule has 4 heteroatoms. The largest absolute Gasteiger partial charge is 0.369 e. The highest BCUT2D eigenvalue weighted by molar-refractivity contribution is 14.1. The van der Waals surface area contributed by atoms with Crippen LogP contribution in [0.3, 0.4) is 0 Å². The molecule has 0 radical (unpaired) electrons. The quantitative estimate of drug-likeness (QED) is 0.856. The molecular formula is C14H16IN3. The Bertz CT molecular complexity index is 540. The Morgan fingerprint density at radius 2 is 2.17 bits per heavy atom. The number of anilines is 1. The molecule has 0 fully saturated rings. The maximum Gasteiger partial charge on any atom is 0.143 e. The van der Waals surface area contributed by atoms with Crippen molar-refractivity contribution in [2.75, 3.05) is 11.9 Å². The van der Waals surface area contributed by atoms with Gasteiger partial charge in [-0.15, -0.1) is 0 Å². The summed E-state index contributed by atoms with van der Waals surface area (Å²) in [6, 6.07) is 8.46. The van der Waals surface area contributed by atoms with E-state index in [0.717, 1.165) is 28.2 Å². The van der Waals surface area contributed by atoms with E-state index in [0.29, 0.717) is 0 Å². The molecule has 0 bridgehead atoms. The van der Waals surface area contributed by atoms with Crippen molar-refractivity contribution in [2.45, 2.75) is 20.3 Å². The van der Waals surface area contributed by atoms with Gasteiger partial charge in [0.25, 0.3) is 0 Å². The van der Waals surface area contributed by atoms with Crippen LogP contribution in [0.2, 0.25) is 0 Å². The Balaban J connectivity index is 2.21. The van der Waals surface area contributed by atoms with E-state index < -0.39 is 0 Å². The van der Waals surface area contributed by atoms with Gasteiger partial charge < -0.3 is 5.32 Å². The van der Waals surface area contributed by atoms with Crippen LogP contribution in [0.1, 0.15) is 23.9 Å². The fraction of sp³-hybridized carbons (Fsp3) is 0.286. The van der Waals surface area contributed by atoms with E-state index in [-0.39, 0.29) is 0 Å². The first-order chi connectivity index (χ1) is 8.69. The molecule has 1 aromatic carbocycles. The molecule has 1 heterocycles. The molecule has 0 saturated carbocycles. The Hall–Kier alpha value is -1.17. The van der Waals surface area contributed by atoms with Gasteiger partial charge in [0.05, 0.1) is 3.57 Å². The molecule has 94 valence electrons. The smallest absolute Gasteiger partial charge is 0.143 e. The minimum atomic E-state index is 0.775. The number of benzene rings is 1. The molecule has 0 aliphatic heterocycles. The SMILES string of the molecule is CCNc1nc(Cc2cccc(C)c2)ncc1I. The fourth-order valence-corrected chi connectivity index (χ4v) is 2.24. The summed E-state index contributed by atoms with van der Waals surface area (Å²) in [6.07, 6.45) is 2.65. The lowest BCUT2D eigenvalue weighted by Gasteiger charge is -2.07. The first-order valence-electron chi connectivity index (χ1n) is 6.00. The Kier molecular flexibility index (Phi) is 4.52. The molecule has 1 aromatic heterocycles. The van der Waals surface area contributed by atoms with Crippen molar-refractivity contribution in [3.8, 4) is 0 Å². The predicted octanol–water partition coefficient (Wildman–Crippen LogP) is 3.41. The van der Waals surface area contributed by atoms with Crippen LogP contribution in [0.15, 0.2) is 30.5 Å². The summed E-state index contributed by atoms with van der Waals surface area (Å²) in [7, 11) is 0. The third-order valence-electron chi connectivity index (χ3n) is 2.58. The molecule has 2 aromatic rings. The Morgan fingerprint density at radius 1 is 1.33 bits per heavy atom. The molecule has 18 heavy (non-hydrogen) atoms. The molecular weight excluding hydrogens is 337 g/mol. The van der Waals surface area contributed by atoms with E-state index in [1.54, 1.807) is 0 Å². The number of nitrogens with one attached hydrogen (secondary N) is 1. The maximum atomic E-state index is 4.56. The molecule has 0 unspecified atom stereocenters.